The molecule has 1 aliphatic rings. The molecule has 0 unspecified atom stereocenters. The molecule has 5 heteroatoms. The zero-order valence-corrected chi connectivity index (χ0v) is 10.3. The van der Waals surface area contributed by atoms with Crippen molar-refractivity contribution < 1.29 is 9.90 Å². The minimum absolute atomic E-state index is 0.434. The molecule has 1 aliphatic carbocycles. The summed E-state index contributed by atoms with van der Waals surface area (Å²) in [6.45, 7) is 0.434. The standard InChI is InChI=1S/C11H13BrN2O2/c12-7-1-2-8(13)9(5-7)14-6-11(3-4-11)10(15)16/h1-2,5,14H,3-4,6,13H2,(H,15,16). The average Bonchev–Trinajstić information content (AvgIpc) is 3.00. The monoisotopic (exact) mass is 284 g/mol. The van der Waals surface area contributed by atoms with E-state index in [1.165, 1.54) is 0 Å². The normalized spacial score (nSPS) is 16.8. The van der Waals surface area contributed by atoms with Crippen LogP contribution in [0.3, 0.4) is 0 Å². The average molecular weight is 285 g/mol. The van der Waals surface area contributed by atoms with Gasteiger partial charge in [0.25, 0.3) is 0 Å². The first-order valence-corrected chi connectivity index (χ1v) is 5.85. The van der Waals surface area contributed by atoms with Gasteiger partial charge in [0.05, 0.1) is 16.8 Å². The largest absolute Gasteiger partial charge is 0.481 e. The molecule has 4 nitrogen and oxygen atoms in total. The van der Waals surface area contributed by atoms with Gasteiger partial charge in [0.2, 0.25) is 0 Å². The van der Waals surface area contributed by atoms with Gasteiger partial charge in [-0.3, -0.25) is 4.79 Å². The highest BCUT2D eigenvalue weighted by Crippen LogP contribution is 2.46. The molecule has 0 heterocycles. The second-order valence-corrected chi connectivity index (χ2v) is 5.09. The Morgan fingerprint density at radius 1 is 1.56 bits per heavy atom. The first-order chi connectivity index (χ1) is 7.53. The maximum absolute atomic E-state index is 11.0. The van der Waals surface area contributed by atoms with E-state index in [9.17, 15) is 4.79 Å². The number of carbonyl (C=O) groups is 1. The number of aliphatic carboxylic acids is 1. The van der Waals surface area contributed by atoms with Gasteiger partial charge in [0.15, 0.2) is 0 Å². The van der Waals surface area contributed by atoms with E-state index in [2.05, 4.69) is 21.2 Å². The number of anilines is 2. The summed E-state index contributed by atoms with van der Waals surface area (Å²) in [6, 6.07) is 5.49. The molecule has 2 rings (SSSR count). The van der Waals surface area contributed by atoms with E-state index in [0.29, 0.717) is 12.2 Å². The number of benzene rings is 1. The van der Waals surface area contributed by atoms with E-state index in [4.69, 9.17) is 10.8 Å². The van der Waals surface area contributed by atoms with E-state index >= 15 is 0 Å². The Morgan fingerprint density at radius 3 is 2.81 bits per heavy atom. The summed E-state index contributed by atoms with van der Waals surface area (Å²) < 4.78 is 0.921. The minimum Gasteiger partial charge on any atom is -0.481 e. The summed E-state index contributed by atoms with van der Waals surface area (Å²) in [5.74, 6) is -0.728. The molecule has 4 N–H and O–H groups in total. The van der Waals surface area contributed by atoms with E-state index in [1.807, 2.05) is 12.1 Å². The molecule has 0 aromatic heterocycles. The van der Waals surface area contributed by atoms with Crippen LogP contribution in [0.1, 0.15) is 12.8 Å². The molecule has 0 spiro atoms. The molecule has 1 fully saturated rings. The lowest BCUT2D eigenvalue weighted by Crippen LogP contribution is -2.24. The Hall–Kier alpha value is -1.23. The molecule has 0 radical (unpaired) electrons. The van der Waals surface area contributed by atoms with Gasteiger partial charge in [-0.2, -0.15) is 0 Å². The Balaban J connectivity index is 2.05. The van der Waals surface area contributed by atoms with E-state index < -0.39 is 11.4 Å². The van der Waals surface area contributed by atoms with Gasteiger partial charge in [-0.05, 0) is 31.0 Å². The fourth-order valence-electron chi connectivity index (χ4n) is 1.56. The van der Waals surface area contributed by atoms with Crippen molar-refractivity contribution in [2.24, 2.45) is 5.41 Å². The summed E-state index contributed by atoms with van der Waals surface area (Å²) >= 11 is 3.35. The van der Waals surface area contributed by atoms with Crippen LogP contribution in [0.4, 0.5) is 11.4 Å². The van der Waals surface area contributed by atoms with Gasteiger partial charge < -0.3 is 16.2 Å². The number of carboxylic acid groups (broad SMARTS) is 1. The van der Waals surface area contributed by atoms with Crippen LogP contribution < -0.4 is 11.1 Å². The number of rotatable bonds is 4. The first kappa shape index (κ1) is 11.3. The number of hydrogen-bond acceptors (Lipinski definition) is 3. The van der Waals surface area contributed by atoms with Crippen molar-refractivity contribution in [1.29, 1.82) is 0 Å². The number of carboxylic acids is 1. The molecular formula is C11H13BrN2O2. The summed E-state index contributed by atoms with van der Waals surface area (Å²) in [5, 5.41) is 12.1. The first-order valence-electron chi connectivity index (χ1n) is 5.06. The SMILES string of the molecule is Nc1ccc(Br)cc1NCC1(C(=O)O)CC1. The number of nitrogens with two attached hydrogens (primary N) is 1. The maximum atomic E-state index is 11.0. The van der Waals surface area contributed by atoms with Crippen molar-refractivity contribution >= 4 is 33.3 Å². The highest BCUT2D eigenvalue weighted by Gasteiger charge is 2.50. The van der Waals surface area contributed by atoms with Gasteiger partial charge in [0, 0.05) is 11.0 Å². The van der Waals surface area contributed by atoms with Crippen molar-refractivity contribution in [3.05, 3.63) is 22.7 Å². The number of nitrogen functional groups attached to an aromatic ring is 1. The van der Waals surface area contributed by atoms with Crippen LogP contribution >= 0.6 is 15.9 Å². The molecule has 0 amide bonds. The van der Waals surface area contributed by atoms with Crippen molar-refractivity contribution in [3.63, 3.8) is 0 Å². The molecule has 0 atom stereocenters. The molecule has 1 aromatic rings. The van der Waals surface area contributed by atoms with Gasteiger partial charge in [0.1, 0.15) is 0 Å². The van der Waals surface area contributed by atoms with Crippen LogP contribution in [0, 0.1) is 5.41 Å². The quantitative estimate of drug-likeness (QED) is 0.742. The van der Waals surface area contributed by atoms with Crippen molar-refractivity contribution in [2.45, 2.75) is 12.8 Å². The molecule has 0 bridgehead atoms. The predicted octanol–water partition coefficient (Wildman–Crippen LogP) is 2.31. The number of halogens is 1. The smallest absolute Gasteiger partial charge is 0.311 e. The van der Waals surface area contributed by atoms with Crippen molar-refractivity contribution in [3.8, 4) is 0 Å². The van der Waals surface area contributed by atoms with E-state index in [1.54, 1.807) is 6.07 Å². The van der Waals surface area contributed by atoms with Crippen molar-refractivity contribution in [2.75, 3.05) is 17.6 Å². The van der Waals surface area contributed by atoms with Gasteiger partial charge in [-0.1, -0.05) is 15.9 Å². The summed E-state index contributed by atoms with van der Waals surface area (Å²) in [4.78, 5) is 11.0. The second-order valence-electron chi connectivity index (χ2n) is 4.17. The van der Waals surface area contributed by atoms with Gasteiger partial charge in [-0.15, -0.1) is 0 Å². The lowest BCUT2D eigenvalue weighted by molar-refractivity contribution is -0.142. The lowest BCUT2D eigenvalue weighted by Gasteiger charge is -2.14. The lowest BCUT2D eigenvalue weighted by atomic mass is 10.1. The van der Waals surface area contributed by atoms with Crippen LogP contribution in [0.15, 0.2) is 22.7 Å². The Kier molecular flexibility index (Phi) is 2.80. The fraction of sp³-hybridized carbons (Fsp3) is 0.364. The zero-order valence-electron chi connectivity index (χ0n) is 8.66. The molecule has 1 aromatic carbocycles. The highest BCUT2D eigenvalue weighted by molar-refractivity contribution is 9.10. The Bertz CT molecular complexity index is 430. The van der Waals surface area contributed by atoms with Crippen LogP contribution in [0.2, 0.25) is 0 Å². The molecule has 1 saturated carbocycles. The van der Waals surface area contributed by atoms with Gasteiger partial charge in [-0.25, -0.2) is 0 Å². The highest BCUT2D eigenvalue weighted by atomic mass is 79.9. The van der Waals surface area contributed by atoms with E-state index in [0.717, 1.165) is 23.0 Å². The third kappa shape index (κ3) is 2.14. The summed E-state index contributed by atoms with van der Waals surface area (Å²) in [5.41, 5.74) is 6.62. The molecular weight excluding hydrogens is 272 g/mol. The van der Waals surface area contributed by atoms with E-state index in [-0.39, 0.29) is 0 Å². The van der Waals surface area contributed by atoms with Crippen LogP contribution in [-0.2, 0) is 4.79 Å². The second kappa shape index (κ2) is 3.97. The minimum atomic E-state index is -0.728. The Morgan fingerprint density at radius 2 is 2.25 bits per heavy atom. The third-order valence-electron chi connectivity index (χ3n) is 2.94. The fourth-order valence-corrected chi connectivity index (χ4v) is 1.92. The Labute approximate surface area is 102 Å². The van der Waals surface area contributed by atoms with Crippen LogP contribution in [0.25, 0.3) is 0 Å². The molecule has 0 aliphatic heterocycles. The summed E-state index contributed by atoms with van der Waals surface area (Å²) in [6.07, 6.45) is 1.48. The van der Waals surface area contributed by atoms with Crippen LogP contribution in [-0.4, -0.2) is 17.6 Å². The van der Waals surface area contributed by atoms with Crippen LogP contribution in [0.5, 0.6) is 0 Å². The zero-order chi connectivity index (χ0) is 11.8. The predicted molar refractivity (Wildman–Crippen MR) is 66.3 cm³/mol. The molecule has 0 saturated heterocycles. The molecule has 86 valence electrons. The molecule has 16 heavy (non-hydrogen) atoms. The number of nitrogens with one attached hydrogen (secondary N) is 1. The third-order valence-corrected chi connectivity index (χ3v) is 3.43. The van der Waals surface area contributed by atoms with Crippen molar-refractivity contribution in [1.82, 2.24) is 0 Å². The van der Waals surface area contributed by atoms with Gasteiger partial charge >= 0.3 is 5.97 Å². The maximum Gasteiger partial charge on any atom is 0.311 e. The summed E-state index contributed by atoms with van der Waals surface area (Å²) in [7, 11) is 0. The topological polar surface area (TPSA) is 75.3 Å². The number of hydrogen-bond donors (Lipinski definition) is 3.